The van der Waals surface area contributed by atoms with E-state index in [2.05, 4.69) is 10.3 Å². The van der Waals surface area contributed by atoms with Gasteiger partial charge in [-0.3, -0.25) is 14.5 Å². The molecule has 1 saturated heterocycles. The minimum Gasteiger partial charge on any atom is -0.463 e. The summed E-state index contributed by atoms with van der Waals surface area (Å²) in [6.07, 6.45) is -1.00. The molecule has 40 heavy (non-hydrogen) atoms. The molecule has 0 bridgehead atoms. The van der Waals surface area contributed by atoms with E-state index in [1.54, 1.807) is 50.4 Å². The van der Waals surface area contributed by atoms with Gasteiger partial charge in [-0.1, -0.05) is 68.4 Å². The maximum Gasteiger partial charge on any atom is 0.434 e. The SMILES string of the molecule is CC(C)C[C@]1(c2ccccc2)NC(=NC(=O)O)N(C(C)c2cccc(C(=O)N(C)Cc3ccc(F)cc3)c2)C1=O. The molecule has 2 atom stereocenters. The topological polar surface area (TPSA) is 102 Å². The first-order chi connectivity index (χ1) is 19.0. The molecule has 1 heterocycles. The molecule has 0 saturated carbocycles. The van der Waals surface area contributed by atoms with E-state index in [1.807, 2.05) is 44.2 Å². The minimum absolute atomic E-state index is 0.0559. The van der Waals surface area contributed by atoms with Gasteiger partial charge in [0.2, 0.25) is 5.96 Å². The first-order valence-corrected chi connectivity index (χ1v) is 13.1. The fourth-order valence-corrected chi connectivity index (χ4v) is 5.16. The highest BCUT2D eigenvalue weighted by atomic mass is 19.1. The molecule has 3 amide bonds. The maximum absolute atomic E-state index is 14.2. The summed E-state index contributed by atoms with van der Waals surface area (Å²) in [5.41, 5.74) is 1.35. The summed E-state index contributed by atoms with van der Waals surface area (Å²) >= 11 is 0. The smallest absolute Gasteiger partial charge is 0.434 e. The van der Waals surface area contributed by atoms with Crippen LogP contribution in [0.2, 0.25) is 0 Å². The Hall–Kier alpha value is -4.53. The molecule has 8 nitrogen and oxygen atoms in total. The monoisotopic (exact) mass is 544 g/mol. The van der Waals surface area contributed by atoms with Crippen molar-refractivity contribution in [1.29, 1.82) is 0 Å². The number of aliphatic imine (C=N–C) groups is 1. The molecule has 208 valence electrons. The van der Waals surface area contributed by atoms with Crippen LogP contribution in [-0.4, -0.2) is 45.8 Å². The van der Waals surface area contributed by atoms with E-state index in [0.29, 0.717) is 23.1 Å². The van der Waals surface area contributed by atoms with Crippen molar-refractivity contribution >= 4 is 23.9 Å². The first kappa shape index (κ1) is 28.5. The second kappa shape index (κ2) is 11.7. The van der Waals surface area contributed by atoms with Crippen LogP contribution >= 0.6 is 0 Å². The molecule has 1 fully saturated rings. The van der Waals surface area contributed by atoms with Crippen molar-refractivity contribution in [2.75, 3.05) is 7.05 Å². The van der Waals surface area contributed by atoms with Gasteiger partial charge in [-0.2, -0.15) is 0 Å². The maximum atomic E-state index is 14.2. The van der Waals surface area contributed by atoms with Crippen LogP contribution in [-0.2, 0) is 16.9 Å². The highest BCUT2D eigenvalue weighted by molar-refractivity contribution is 6.11. The highest BCUT2D eigenvalue weighted by Gasteiger charge is 2.53. The standard InChI is InChI=1S/C31H33FN4O4/c1-20(2)18-31(25-11-6-5-7-12-25)28(38)36(29(34-31)33-30(39)40)21(3)23-9-8-10-24(17-23)27(37)35(4)19-22-13-15-26(32)16-14-22/h5-17,20-21H,18-19H2,1-4H3,(H,33,34)(H,39,40)/t21?,31-/m1/s1. The first-order valence-electron chi connectivity index (χ1n) is 13.1. The fraction of sp³-hybridized carbons (Fsp3) is 0.290. The Morgan fingerprint density at radius 1 is 1.02 bits per heavy atom. The second-order valence-corrected chi connectivity index (χ2v) is 10.5. The molecular weight excluding hydrogens is 511 g/mol. The van der Waals surface area contributed by atoms with Gasteiger partial charge in [-0.25, -0.2) is 9.18 Å². The second-order valence-electron chi connectivity index (χ2n) is 10.5. The zero-order chi connectivity index (χ0) is 29.0. The van der Waals surface area contributed by atoms with Gasteiger partial charge in [0.05, 0.1) is 6.04 Å². The molecule has 2 N–H and O–H groups in total. The van der Waals surface area contributed by atoms with Crippen molar-refractivity contribution in [2.24, 2.45) is 10.9 Å². The summed E-state index contributed by atoms with van der Waals surface area (Å²) in [7, 11) is 1.66. The van der Waals surface area contributed by atoms with Gasteiger partial charge in [0.15, 0.2) is 0 Å². The van der Waals surface area contributed by atoms with Gasteiger partial charge in [-0.05, 0) is 60.2 Å². The number of hydrogen-bond acceptors (Lipinski definition) is 3. The number of amides is 3. The van der Waals surface area contributed by atoms with Crippen LogP contribution in [0.15, 0.2) is 83.9 Å². The average Bonchev–Trinajstić information content (AvgIpc) is 3.19. The molecule has 1 unspecified atom stereocenters. The summed E-state index contributed by atoms with van der Waals surface area (Å²) in [6, 6.07) is 21.4. The third-order valence-corrected chi connectivity index (χ3v) is 7.00. The number of carbonyl (C=O) groups is 3. The molecule has 1 aliphatic rings. The van der Waals surface area contributed by atoms with Crippen LogP contribution in [0, 0.1) is 11.7 Å². The lowest BCUT2D eigenvalue weighted by Gasteiger charge is -2.30. The Morgan fingerprint density at radius 3 is 2.33 bits per heavy atom. The quantitative estimate of drug-likeness (QED) is 0.386. The van der Waals surface area contributed by atoms with E-state index in [-0.39, 0.29) is 36.1 Å². The van der Waals surface area contributed by atoms with Crippen molar-refractivity contribution in [2.45, 2.75) is 45.3 Å². The van der Waals surface area contributed by atoms with Gasteiger partial charge in [-0.15, -0.1) is 4.99 Å². The third-order valence-electron chi connectivity index (χ3n) is 7.00. The van der Waals surface area contributed by atoms with E-state index in [4.69, 9.17) is 0 Å². The Bertz CT molecular complexity index is 1420. The van der Waals surface area contributed by atoms with Gasteiger partial charge in [0, 0.05) is 19.2 Å². The molecule has 0 radical (unpaired) electrons. The summed E-state index contributed by atoms with van der Waals surface area (Å²) in [5.74, 6) is -0.858. The van der Waals surface area contributed by atoms with Crippen molar-refractivity contribution in [3.8, 4) is 0 Å². The summed E-state index contributed by atoms with van der Waals surface area (Å²) in [5, 5.41) is 12.7. The molecule has 0 aliphatic carbocycles. The molecular formula is C31H33FN4O4. The lowest BCUT2D eigenvalue weighted by molar-refractivity contribution is -0.133. The zero-order valence-corrected chi connectivity index (χ0v) is 23.0. The summed E-state index contributed by atoms with van der Waals surface area (Å²) < 4.78 is 13.3. The number of rotatable bonds is 8. The van der Waals surface area contributed by atoms with Crippen molar-refractivity contribution in [1.82, 2.24) is 15.1 Å². The molecule has 3 aromatic carbocycles. The normalized spacial score (nSPS) is 18.6. The molecule has 3 aromatic rings. The van der Waals surface area contributed by atoms with E-state index in [0.717, 1.165) is 5.56 Å². The van der Waals surface area contributed by atoms with Crippen LogP contribution in [0.3, 0.4) is 0 Å². The van der Waals surface area contributed by atoms with E-state index < -0.39 is 17.7 Å². The Balaban J connectivity index is 1.67. The molecule has 9 heteroatoms. The van der Waals surface area contributed by atoms with Gasteiger partial charge in [0.25, 0.3) is 11.8 Å². The van der Waals surface area contributed by atoms with Crippen LogP contribution in [0.4, 0.5) is 9.18 Å². The van der Waals surface area contributed by atoms with Gasteiger partial charge >= 0.3 is 6.09 Å². The Labute approximate surface area is 233 Å². The predicted molar refractivity (Wildman–Crippen MR) is 150 cm³/mol. The fourth-order valence-electron chi connectivity index (χ4n) is 5.16. The van der Waals surface area contributed by atoms with Crippen LogP contribution in [0.1, 0.15) is 60.3 Å². The lowest BCUT2D eigenvalue weighted by atomic mass is 9.82. The summed E-state index contributed by atoms with van der Waals surface area (Å²) in [6.45, 7) is 6.06. The number of halogens is 1. The van der Waals surface area contributed by atoms with Crippen LogP contribution in [0.5, 0.6) is 0 Å². The third kappa shape index (κ3) is 5.88. The van der Waals surface area contributed by atoms with Gasteiger partial charge in [0.1, 0.15) is 11.4 Å². The molecule has 0 spiro atoms. The number of guanidine groups is 1. The van der Waals surface area contributed by atoms with E-state index in [1.165, 1.54) is 21.9 Å². The predicted octanol–water partition coefficient (Wildman–Crippen LogP) is 5.57. The number of nitrogens with one attached hydrogen (secondary N) is 1. The average molecular weight is 545 g/mol. The minimum atomic E-state index is -1.42. The zero-order valence-electron chi connectivity index (χ0n) is 23.0. The van der Waals surface area contributed by atoms with Crippen LogP contribution in [0.25, 0.3) is 0 Å². The number of carboxylic acid groups (broad SMARTS) is 1. The largest absolute Gasteiger partial charge is 0.463 e. The molecule has 0 aromatic heterocycles. The van der Waals surface area contributed by atoms with Crippen molar-refractivity contribution in [3.63, 3.8) is 0 Å². The Kier molecular flexibility index (Phi) is 8.32. The Morgan fingerprint density at radius 2 is 1.70 bits per heavy atom. The van der Waals surface area contributed by atoms with Crippen molar-refractivity contribution in [3.05, 3.63) is 107 Å². The molecule has 4 rings (SSSR count). The summed E-state index contributed by atoms with van der Waals surface area (Å²) in [4.78, 5) is 45.8. The lowest BCUT2D eigenvalue weighted by Crippen LogP contribution is -2.45. The highest BCUT2D eigenvalue weighted by Crippen LogP contribution is 2.39. The number of benzene rings is 3. The van der Waals surface area contributed by atoms with E-state index in [9.17, 15) is 23.9 Å². The molecule has 1 aliphatic heterocycles. The van der Waals surface area contributed by atoms with Crippen molar-refractivity contribution < 1.29 is 23.9 Å². The van der Waals surface area contributed by atoms with Crippen LogP contribution < -0.4 is 5.32 Å². The number of carbonyl (C=O) groups excluding carboxylic acids is 2. The number of hydrogen-bond donors (Lipinski definition) is 2. The van der Waals surface area contributed by atoms with Gasteiger partial charge < -0.3 is 15.3 Å². The number of nitrogens with zero attached hydrogens (tertiary/aromatic N) is 3. The van der Waals surface area contributed by atoms with E-state index >= 15 is 0 Å².